The lowest BCUT2D eigenvalue weighted by Crippen LogP contribution is -2.61. The van der Waals surface area contributed by atoms with Crippen molar-refractivity contribution in [2.24, 2.45) is 5.73 Å². The fourth-order valence-electron chi connectivity index (χ4n) is 4.10. The highest BCUT2D eigenvalue weighted by Gasteiger charge is 2.39. The average molecular weight is 499 g/mol. The molecule has 10 nitrogen and oxygen atoms in total. The van der Waals surface area contributed by atoms with Crippen molar-refractivity contribution in [1.29, 1.82) is 0 Å². The smallest absolute Gasteiger partial charge is 0.251 e. The monoisotopic (exact) mass is 498 g/mol. The molecule has 0 bridgehead atoms. The van der Waals surface area contributed by atoms with Crippen LogP contribution in [0.25, 0.3) is 0 Å². The Balaban J connectivity index is 1.76. The molecule has 5 N–H and O–H groups in total. The number of nitrogens with two attached hydrogens (primary N) is 1. The summed E-state index contributed by atoms with van der Waals surface area (Å²) in [6.45, 7) is 1.93. The van der Waals surface area contributed by atoms with E-state index in [2.05, 4.69) is 20.9 Å². The Kier molecular flexibility index (Phi) is 9.07. The molecule has 1 aliphatic rings. The van der Waals surface area contributed by atoms with Crippen molar-refractivity contribution < 1.29 is 23.6 Å². The van der Waals surface area contributed by atoms with Gasteiger partial charge in [-0.25, -0.2) is 4.39 Å². The number of nitrogens with one attached hydrogen (secondary N) is 3. The maximum atomic E-state index is 13.4. The van der Waals surface area contributed by atoms with E-state index in [4.69, 9.17) is 5.73 Å². The van der Waals surface area contributed by atoms with Crippen LogP contribution in [0.5, 0.6) is 0 Å². The average Bonchev–Trinajstić information content (AvgIpc) is 2.88. The first-order valence-corrected chi connectivity index (χ1v) is 11.7. The van der Waals surface area contributed by atoms with E-state index in [1.54, 1.807) is 26.1 Å². The minimum Gasteiger partial charge on any atom is -0.368 e. The summed E-state index contributed by atoms with van der Waals surface area (Å²) in [5.41, 5.74) is 6.58. The molecule has 2 heterocycles. The molecule has 4 amide bonds. The Labute approximate surface area is 208 Å². The molecule has 3 rings (SSSR count). The van der Waals surface area contributed by atoms with Crippen LogP contribution in [-0.2, 0) is 20.8 Å². The number of carbonyl (C=O) groups excluding carboxylic acids is 4. The second-order valence-corrected chi connectivity index (χ2v) is 8.78. The molecule has 2 aromatic rings. The van der Waals surface area contributed by atoms with Gasteiger partial charge in [0.2, 0.25) is 17.7 Å². The van der Waals surface area contributed by atoms with Crippen LogP contribution >= 0.6 is 0 Å². The molecule has 1 aromatic heterocycles. The van der Waals surface area contributed by atoms with Crippen molar-refractivity contribution in [1.82, 2.24) is 25.8 Å². The van der Waals surface area contributed by atoms with Crippen molar-refractivity contribution >= 4 is 23.6 Å². The number of aromatic nitrogens is 1. The number of piperidine rings is 1. The van der Waals surface area contributed by atoms with Gasteiger partial charge in [0.15, 0.2) is 0 Å². The van der Waals surface area contributed by atoms with Gasteiger partial charge in [-0.05, 0) is 56.6 Å². The Morgan fingerprint density at radius 3 is 2.42 bits per heavy atom. The summed E-state index contributed by atoms with van der Waals surface area (Å²) >= 11 is 0. The molecule has 0 spiro atoms. The number of halogens is 1. The molecular formula is C25H31FN6O4. The molecule has 0 radical (unpaired) electrons. The summed E-state index contributed by atoms with van der Waals surface area (Å²) in [7, 11) is 1.64. The number of nitrogens with zero attached hydrogens (tertiary/aromatic N) is 2. The lowest BCUT2D eigenvalue weighted by molar-refractivity contribution is -0.144. The SMILES string of the molecule is CN[C@@H](C)C(=O)N1CC[C@H](NC(=O)c2ccncc2)C[C@H]1C(=O)N[C@@H](Cc1ccc(F)cc1)C(N)=O. The van der Waals surface area contributed by atoms with Gasteiger partial charge in [-0.3, -0.25) is 24.2 Å². The van der Waals surface area contributed by atoms with E-state index < -0.39 is 35.8 Å². The van der Waals surface area contributed by atoms with Gasteiger partial charge in [0, 0.05) is 37.0 Å². The quantitative estimate of drug-likeness (QED) is 0.387. The standard InChI is InChI=1S/C25H31FN6O4/c1-15(28-2)25(36)32-12-9-19(30-23(34)17-7-10-29-11-8-17)14-21(32)24(35)31-20(22(27)33)13-16-3-5-18(26)6-4-16/h3-8,10-11,15,19-21,28H,9,12-14H2,1-2H3,(H2,27,33)(H,30,34)(H,31,35)/t15-,19-,20-,21-/m0/s1. The fourth-order valence-corrected chi connectivity index (χ4v) is 4.10. The van der Waals surface area contributed by atoms with E-state index in [-0.39, 0.29) is 37.2 Å². The number of likely N-dealkylation sites (tertiary alicyclic amines) is 1. The predicted octanol–water partition coefficient (Wildman–Crippen LogP) is 0.131. The molecule has 36 heavy (non-hydrogen) atoms. The van der Waals surface area contributed by atoms with Gasteiger partial charge in [-0.2, -0.15) is 0 Å². The first-order valence-electron chi connectivity index (χ1n) is 11.7. The number of amides is 4. The zero-order valence-corrected chi connectivity index (χ0v) is 20.2. The van der Waals surface area contributed by atoms with E-state index in [0.29, 0.717) is 17.5 Å². The molecule has 1 saturated heterocycles. The van der Waals surface area contributed by atoms with E-state index in [1.807, 2.05) is 0 Å². The summed E-state index contributed by atoms with van der Waals surface area (Å²) in [6.07, 6.45) is 3.70. The molecule has 0 unspecified atom stereocenters. The highest BCUT2D eigenvalue weighted by molar-refractivity contribution is 5.95. The van der Waals surface area contributed by atoms with Crippen LogP contribution in [0, 0.1) is 5.82 Å². The largest absolute Gasteiger partial charge is 0.368 e. The minimum absolute atomic E-state index is 0.0666. The fraction of sp³-hybridized carbons (Fsp3) is 0.400. The van der Waals surface area contributed by atoms with Crippen molar-refractivity contribution in [2.75, 3.05) is 13.6 Å². The first-order chi connectivity index (χ1) is 17.2. The Morgan fingerprint density at radius 1 is 1.14 bits per heavy atom. The van der Waals surface area contributed by atoms with Crippen LogP contribution < -0.4 is 21.7 Å². The zero-order chi connectivity index (χ0) is 26.2. The lowest BCUT2D eigenvalue weighted by Gasteiger charge is -2.40. The Bertz CT molecular complexity index is 1080. The van der Waals surface area contributed by atoms with E-state index >= 15 is 0 Å². The van der Waals surface area contributed by atoms with Gasteiger partial charge >= 0.3 is 0 Å². The van der Waals surface area contributed by atoms with Crippen molar-refractivity contribution in [3.8, 4) is 0 Å². The van der Waals surface area contributed by atoms with E-state index in [0.717, 1.165) is 0 Å². The summed E-state index contributed by atoms with van der Waals surface area (Å²) in [6, 6.07) is 5.79. The van der Waals surface area contributed by atoms with Crippen LogP contribution in [-0.4, -0.2) is 71.3 Å². The molecule has 0 aliphatic carbocycles. The Hall–Kier alpha value is -3.86. The van der Waals surface area contributed by atoms with Gasteiger partial charge in [-0.1, -0.05) is 12.1 Å². The lowest BCUT2D eigenvalue weighted by atomic mass is 9.94. The number of benzene rings is 1. The van der Waals surface area contributed by atoms with E-state index in [1.165, 1.54) is 41.6 Å². The summed E-state index contributed by atoms with van der Waals surface area (Å²) in [4.78, 5) is 56.5. The van der Waals surface area contributed by atoms with Gasteiger partial charge in [0.1, 0.15) is 17.9 Å². The predicted molar refractivity (Wildman–Crippen MR) is 130 cm³/mol. The number of rotatable bonds is 9. The Morgan fingerprint density at radius 2 is 1.81 bits per heavy atom. The van der Waals surface area contributed by atoms with Crippen LogP contribution in [0.15, 0.2) is 48.8 Å². The van der Waals surface area contributed by atoms with Crippen LogP contribution in [0.2, 0.25) is 0 Å². The molecule has 4 atom stereocenters. The number of primary amides is 1. The summed E-state index contributed by atoms with van der Waals surface area (Å²) in [5.74, 6) is -2.32. The van der Waals surface area contributed by atoms with Crippen LogP contribution in [0.1, 0.15) is 35.7 Å². The minimum atomic E-state index is -1.06. The van der Waals surface area contributed by atoms with Gasteiger partial charge in [-0.15, -0.1) is 0 Å². The molecule has 0 saturated carbocycles. The van der Waals surface area contributed by atoms with Crippen LogP contribution in [0.3, 0.4) is 0 Å². The summed E-state index contributed by atoms with van der Waals surface area (Å²) in [5, 5.41) is 8.45. The second kappa shape index (κ2) is 12.2. The third-order valence-electron chi connectivity index (χ3n) is 6.28. The highest BCUT2D eigenvalue weighted by Crippen LogP contribution is 2.20. The van der Waals surface area contributed by atoms with Crippen LogP contribution in [0.4, 0.5) is 4.39 Å². The highest BCUT2D eigenvalue weighted by atomic mass is 19.1. The van der Waals surface area contributed by atoms with Gasteiger partial charge < -0.3 is 26.6 Å². The molecule has 1 aliphatic heterocycles. The first kappa shape index (κ1) is 26.7. The molecule has 11 heteroatoms. The van der Waals surface area contributed by atoms with Crippen molar-refractivity contribution in [2.45, 2.75) is 50.4 Å². The maximum absolute atomic E-state index is 13.4. The third kappa shape index (κ3) is 6.85. The van der Waals surface area contributed by atoms with Gasteiger partial charge in [0.05, 0.1) is 6.04 Å². The number of carbonyl (C=O) groups is 4. The molecule has 1 fully saturated rings. The number of likely N-dealkylation sites (N-methyl/N-ethyl adjacent to an activating group) is 1. The van der Waals surface area contributed by atoms with Crippen molar-refractivity contribution in [3.63, 3.8) is 0 Å². The third-order valence-corrected chi connectivity index (χ3v) is 6.28. The zero-order valence-electron chi connectivity index (χ0n) is 20.2. The molecular weight excluding hydrogens is 467 g/mol. The normalized spacial score (nSPS) is 19.1. The number of pyridine rings is 1. The topological polar surface area (TPSA) is 147 Å². The second-order valence-electron chi connectivity index (χ2n) is 8.78. The molecule has 1 aromatic carbocycles. The number of hydrogen-bond acceptors (Lipinski definition) is 6. The number of hydrogen-bond donors (Lipinski definition) is 4. The maximum Gasteiger partial charge on any atom is 0.251 e. The van der Waals surface area contributed by atoms with E-state index in [9.17, 15) is 23.6 Å². The van der Waals surface area contributed by atoms with Gasteiger partial charge in [0.25, 0.3) is 5.91 Å². The summed E-state index contributed by atoms with van der Waals surface area (Å²) < 4.78 is 13.2. The van der Waals surface area contributed by atoms with Crippen molar-refractivity contribution in [3.05, 3.63) is 65.7 Å². The molecule has 192 valence electrons.